The van der Waals surface area contributed by atoms with E-state index in [0.717, 1.165) is 6.92 Å². The van der Waals surface area contributed by atoms with Gasteiger partial charge in [0.15, 0.2) is 0 Å². The van der Waals surface area contributed by atoms with Crippen LogP contribution in [0.4, 0.5) is 0 Å². The highest BCUT2D eigenvalue weighted by Crippen LogP contribution is 2.30. The van der Waals surface area contributed by atoms with Gasteiger partial charge in [0.25, 0.3) is 0 Å². The Morgan fingerprint density at radius 3 is 2.47 bits per heavy atom. The zero-order valence-electron chi connectivity index (χ0n) is 9.72. The molecule has 1 rings (SSSR count). The molecule has 0 N–H and O–H groups in total. The lowest BCUT2D eigenvalue weighted by Crippen LogP contribution is -2.38. The summed E-state index contributed by atoms with van der Waals surface area (Å²) < 4.78 is 9.58. The molecule has 1 heterocycles. The Bertz CT molecular complexity index is 434. The average Bonchev–Trinajstić information content (AvgIpc) is 2.45. The molecule has 1 aliphatic heterocycles. The summed E-state index contributed by atoms with van der Waals surface area (Å²) >= 11 is 0. The van der Waals surface area contributed by atoms with Gasteiger partial charge in [-0.2, -0.15) is 4.79 Å². The van der Waals surface area contributed by atoms with Crippen molar-refractivity contribution in [2.24, 2.45) is 5.41 Å². The molecule has 0 aromatic rings. The molecule has 0 bridgehead atoms. The first-order chi connectivity index (χ1) is 7.79. The Kier molecular flexibility index (Phi) is 3.43. The third-order valence-electron chi connectivity index (χ3n) is 2.36. The largest absolute Gasteiger partial charge is 0.462 e. The molecule has 7 nitrogen and oxygen atoms in total. The van der Waals surface area contributed by atoms with Gasteiger partial charge in [0, 0.05) is 12.3 Å². The van der Waals surface area contributed by atoms with Gasteiger partial charge in [-0.15, -0.1) is 0 Å². The van der Waals surface area contributed by atoms with Crippen LogP contribution >= 0.6 is 0 Å². The quantitative estimate of drug-likeness (QED) is 0.222. The first-order valence-corrected chi connectivity index (χ1v) is 4.90. The number of rotatable bonds is 3. The molecule has 0 aliphatic carbocycles. The molecule has 0 saturated carbocycles. The lowest BCUT2D eigenvalue weighted by molar-refractivity contribution is -0.161. The summed E-state index contributed by atoms with van der Waals surface area (Å²) in [7, 11) is 0. The number of ether oxygens (including phenoxy) is 2. The van der Waals surface area contributed by atoms with Crippen molar-refractivity contribution >= 4 is 23.4 Å². The van der Waals surface area contributed by atoms with Crippen molar-refractivity contribution < 1.29 is 28.6 Å². The molecule has 0 amide bonds. The number of carbonyl (C=O) groups excluding carboxylic acids is 3. The monoisotopic (exact) mass is 240 g/mol. The molecule has 7 heteroatoms. The lowest BCUT2D eigenvalue weighted by atomic mass is 9.90. The number of Topliss-reactive ketones (excluding diaryl/α,β-unsaturated/α-hetero) is 1. The van der Waals surface area contributed by atoms with Gasteiger partial charge in [-0.05, 0) is 0 Å². The summed E-state index contributed by atoms with van der Waals surface area (Å²) in [6, 6.07) is 0. The average molecular weight is 240 g/mol. The molecule has 0 unspecified atom stereocenters. The Balaban J connectivity index is 2.85. The van der Waals surface area contributed by atoms with Gasteiger partial charge in [-0.1, -0.05) is 13.8 Å². The van der Waals surface area contributed by atoms with Crippen LogP contribution in [0.1, 0.15) is 20.8 Å². The standard InChI is InChI=1S/C10H12N2O5/c1-5(13)6(12-11)8(14)17-7-9(15)16-4-10(7,2)3/h7H,4H2,1-3H3/t7-/m0/s1. The maximum atomic E-state index is 11.5. The fourth-order valence-corrected chi connectivity index (χ4v) is 1.35. The van der Waals surface area contributed by atoms with Crippen molar-refractivity contribution in [3.05, 3.63) is 5.53 Å². The molecule has 0 aromatic heterocycles. The number of carbonyl (C=O) groups is 3. The van der Waals surface area contributed by atoms with Crippen LogP contribution in [0.3, 0.4) is 0 Å². The third kappa shape index (κ3) is 2.57. The first kappa shape index (κ1) is 13.1. The molecular weight excluding hydrogens is 228 g/mol. The highest BCUT2D eigenvalue weighted by Gasteiger charge is 2.48. The van der Waals surface area contributed by atoms with Crippen LogP contribution in [0.15, 0.2) is 0 Å². The summed E-state index contributed by atoms with van der Waals surface area (Å²) in [6.45, 7) is 4.53. The minimum Gasteiger partial charge on any atom is -0.462 e. The van der Waals surface area contributed by atoms with Gasteiger partial charge in [-0.25, -0.2) is 9.59 Å². The highest BCUT2D eigenvalue weighted by molar-refractivity contribution is 6.61. The number of cyclic esters (lactones) is 1. The van der Waals surface area contributed by atoms with Crippen LogP contribution in [0.2, 0.25) is 0 Å². The van der Waals surface area contributed by atoms with Crippen LogP contribution in [-0.4, -0.2) is 40.9 Å². The van der Waals surface area contributed by atoms with E-state index >= 15 is 0 Å². The van der Waals surface area contributed by atoms with Crippen molar-refractivity contribution in [3.63, 3.8) is 0 Å². The molecule has 0 spiro atoms. The summed E-state index contributed by atoms with van der Waals surface area (Å²) in [5.74, 6) is -2.57. The fourth-order valence-electron chi connectivity index (χ4n) is 1.35. The van der Waals surface area contributed by atoms with E-state index in [0.29, 0.717) is 0 Å². The molecule has 1 fully saturated rings. The maximum Gasteiger partial charge on any atom is 0.441 e. The summed E-state index contributed by atoms with van der Waals surface area (Å²) in [4.78, 5) is 36.3. The predicted octanol–water partition coefficient (Wildman–Crippen LogP) is -0.259. The van der Waals surface area contributed by atoms with Crippen LogP contribution in [0.5, 0.6) is 0 Å². The summed E-state index contributed by atoms with van der Waals surface area (Å²) in [6.07, 6.45) is -1.11. The molecule has 17 heavy (non-hydrogen) atoms. The summed E-state index contributed by atoms with van der Waals surface area (Å²) in [5.41, 5.74) is 7.06. The lowest BCUT2D eigenvalue weighted by Gasteiger charge is -2.20. The highest BCUT2D eigenvalue weighted by atomic mass is 16.6. The first-order valence-electron chi connectivity index (χ1n) is 4.90. The van der Waals surface area contributed by atoms with Crippen LogP contribution in [-0.2, 0) is 23.9 Å². The van der Waals surface area contributed by atoms with E-state index < -0.39 is 35.0 Å². The van der Waals surface area contributed by atoms with Crippen LogP contribution in [0.25, 0.3) is 5.53 Å². The SMILES string of the molecule is CC(=O)C(=[N+]=[N-])C(=O)O[C@H]1C(=O)OCC1(C)C. The minimum absolute atomic E-state index is 0.120. The number of nitrogens with zero attached hydrogens (tertiary/aromatic N) is 2. The van der Waals surface area contributed by atoms with E-state index in [2.05, 4.69) is 4.79 Å². The normalized spacial score (nSPS) is 21.4. The van der Waals surface area contributed by atoms with Gasteiger partial charge >= 0.3 is 17.7 Å². The number of ketones is 1. The maximum absolute atomic E-state index is 11.5. The number of hydrogen-bond donors (Lipinski definition) is 0. The van der Waals surface area contributed by atoms with E-state index in [-0.39, 0.29) is 6.61 Å². The van der Waals surface area contributed by atoms with E-state index in [1.54, 1.807) is 13.8 Å². The molecule has 92 valence electrons. The van der Waals surface area contributed by atoms with Gasteiger partial charge in [-0.3, -0.25) is 4.79 Å². The van der Waals surface area contributed by atoms with Crippen molar-refractivity contribution in [3.8, 4) is 0 Å². The number of esters is 2. The number of hydrogen-bond acceptors (Lipinski definition) is 5. The Morgan fingerprint density at radius 2 is 2.12 bits per heavy atom. The van der Waals surface area contributed by atoms with Crippen LogP contribution < -0.4 is 0 Å². The van der Waals surface area contributed by atoms with Gasteiger partial charge in [0.05, 0.1) is 0 Å². The Morgan fingerprint density at radius 1 is 1.53 bits per heavy atom. The molecule has 0 radical (unpaired) electrons. The topological polar surface area (TPSA) is 106 Å². The van der Waals surface area contributed by atoms with Crippen molar-refractivity contribution in [2.45, 2.75) is 26.9 Å². The van der Waals surface area contributed by atoms with E-state index in [4.69, 9.17) is 15.0 Å². The molecular formula is C10H12N2O5. The molecule has 0 aromatic carbocycles. The van der Waals surface area contributed by atoms with E-state index in [9.17, 15) is 14.4 Å². The second-order valence-corrected chi connectivity index (χ2v) is 4.39. The van der Waals surface area contributed by atoms with Crippen LogP contribution in [0, 0.1) is 5.41 Å². The Labute approximate surface area is 97.3 Å². The van der Waals surface area contributed by atoms with Crippen molar-refractivity contribution in [1.29, 1.82) is 0 Å². The Hall–Kier alpha value is -2.01. The molecule has 1 aliphatic rings. The molecule has 1 atom stereocenters. The van der Waals surface area contributed by atoms with Crippen molar-refractivity contribution in [2.75, 3.05) is 6.61 Å². The predicted molar refractivity (Wildman–Crippen MR) is 53.9 cm³/mol. The van der Waals surface area contributed by atoms with Gasteiger partial charge in [0.1, 0.15) is 6.61 Å². The van der Waals surface area contributed by atoms with E-state index in [1.165, 1.54) is 0 Å². The summed E-state index contributed by atoms with van der Waals surface area (Å²) in [5, 5.41) is 0. The fraction of sp³-hybridized carbons (Fsp3) is 0.600. The zero-order chi connectivity index (χ0) is 13.2. The zero-order valence-corrected chi connectivity index (χ0v) is 9.72. The third-order valence-corrected chi connectivity index (χ3v) is 2.36. The van der Waals surface area contributed by atoms with Gasteiger partial charge in [0.2, 0.25) is 11.9 Å². The van der Waals surface area contributed by atoms with E-state index in [1.807, 2.05) is 0 Å². The van der Waals surface area contributed by atoms with Gasteiger partial charge < -0.3 is 15.0 Å². The van der Waals surface area contributed by atoms with Crippen molar-refractivity contribution in [1.82, 2.24) is 0 Å². The molecule has 1 saturated heterocycles. The second-order valence-electron chi connectivity index (χ2n) is 4.39. The second kappa shape index (κ2) is 4.47. The minimum atomic E-state index is -1.14. The smallest absolute Gasteiger partial charge is 0.441 e.